The summed E-state index contributed by atoms with van der Waals surface area (Å²) in [7, 11) is 3.24. The largest absolute Gasteiger partial charge is 0.326 e. The molecule has 0 bridgehead atoms. The molecule has 4 atom stereocenters. The molecule has 4 rings (SSSR count). The van der Waals surface area contributed by atoms with Crippen LogP contribution in [0.1, 0.15) is 12.5 Å². The summed E-state index contributed by atoms with van der Waals surface area (Å²) in [6, 6.07) is 7.45. The number of nitrogens with zero attached hydrogens (tertiary/aromatic N) is 2. The molecule has 22 heavy (non-hydrogen) atoms. The Morgan fingerprint density at radius 3 is 2.45 bits per heavy atom. The van der Waals surface area contributed by atoms with Crippen LogP contribution in [0, 0.1) is 11.8 Å². The minimum atomic E-state index is -0.993. The van der Waals surface area contributed by atoms with Crippen molar-refractivity contribution in [1.29, 1.82) is 0 Å². The van der Waals surface area contributed by atoms with Crippen molar-refractivity contribution in [2.75, 3.05) is 19.0 Å². The fourth-order valence-corrected chi connectivity index (χ4v) is 4.55. The van der Waals surface area contributed by atoms with Gasteiger partial charge >= 0.3 is 0 Å². The number of benzene rings is 1. The molecule has 3 aliphatic heterocycles. The fourth-order valence-electron chi connectivity index (χ4n) is 4.55. The second kappa shape index (κ2) is 3.95. The Bertz CT molecular complexity index is 731. The molecule has 1 spiro atoms. The number of likely N-dealkylation sites (N-methyl/N-ethyl adjacent to an activating group) is 1. The average molecular weight is 300 g/mol. The van der Waals surface area contributed by atoms with Gasteiger partial charge in [0.05, 0.1) is 11.7 Å². The van der Waals surface area contributed by atoms with Gasteiger partial charge in [-0.3, -0.25) is 19.3 Å². The fraction of sp³-hybridized carbons (Fsp3) is 0.438. The molecule has 1 aromatic rings. The minimum absolute atomic E-state index is 0.102. The quantitative estimate of drug-likeness (QED) is 0.628. The molecule has 6 heteroatoms. The SMILES string of the molecule is C[C@@H]1[NH2+][C@]2(C(=O)N(C)c3ccccc32)[C@@H]2C(=O)N(C)C(=O)[C@@H]12. The topological polar surface area (TPSA) is 74.3 Å². The number of hydrogen-bond acceptors (Lipinski definition) is 3. The van der Waals surface area contributed by atoms with E-state index in [0.29, 0.717) is 0 Å². The third-order valence-electron chi connectivity index (χ3n) is 5.52. The number of amides is 3. The van der Waals surface area contributed by atoms with Crippen molar-refractivity contribution >= 4 is 23.4 Å². The van der Waals surface area contributed by atoms with Crippen LogP contribution >= 0.6 is 0 Å². The van der Waals surface area contributed by atoms with Crippen molar-refractivity contribution in [2.24, 2.45) is 11.8 Å². The number of likely N-dealkylation sites (tertiary alicyclic amines) is 1. The first kappa shape index (κ1) is 13.5. The van der Waals surface area contributed by atoms with Crippen LogP contribution in [-0.2, 0) is 19.9 Å². The lowest BCUT2D eigenvalue weighted by Gasteiger charge is -2.25. The highest BCUT2D eigenvalue weighted by atomic mass is 16.2. The van der Waals surface area contributed by atoms with E-state index >= 15 is 0 Å². The number of carbonyl (C=O) groups is 3. The van der Waals surface area contributed by atoms with Gasteiger partial charge in [-0.15, -0.1) is 0 Å². The maximum absolute atomic E-state index is 13.0. The highest BCUT2D eigenvalue weighted by Gasteiger charge is 2.73. The summed E-state index contributed by atoms with van der Waals surface area (Å²) in [5.41, 5.74) is 0.678. The van der Waals surface area contributed by atoms with Gasteiger partial charge in [-0.25, -0.2) is 0 Å². The number of imide groups is 1. The number of carbonyl (C=O) groups excluding carboxylic acids is 3. The normalized spacial score (nSPS) is 36.5. The van der Waals surface area contributed by atoms with E-state index < -0.39 is 17.4 Å². The molecule has 3 amide bonds. The van der Waals surface area contributed by atoms with Gasteiger partial charge in [-0.1, -0.05) is 18.2 Å². The van der Waals surface area contributed by atoms with Crippen LogP contribution in [0.3, 0.4) is 0 Å². The predicted molar refractivity (Wildman–Crippen MR) is 77.7 cm³/mol. The van der Waals surface area contributed by atoms with Crippen LogP contribution in [0.25, 0.3) is 0 Å². The summed E-state index contributed by atoms with van der Waals surface area (Å²) in [5, 5.41) is 1.93. The Hall–Kier alpha value is -2.21. The molecule has 2 fully saturated rings. The van der Waals surface area contributed by atoms with Gasteiger partial charge in [0.15, 0.2) is 0 Å². The van der Waals surface area contributed by atoms with Gasteiger partial charge in [-0.05, 0) is 13.0 Å². The molecular formula is C16H18N3O3+. The molecule has 1 aromatic carbocycles. The van der Waals surface area contributed by atoms with E-state index in [9.17, 15) is 14.4 Å². The Balaban J connectivity index is 1.98. The minimum Gasteiger partial charge on any atom is -0.326 e. The van der Waals surface area contributed by atoms with Gasteiger partial charge in [0.2, 0.25) is 17.4 Å². The van der Waals surface area contributed by atoms with Crippen LogP contribution in [0.15, 0.2) is 24.3 Å². The highest BCUT2D eigenvalue weighted by molar-refractivity contribution is 6.14. The molecule has 0 aliphatic carbocycles. The maximum atomic E-state index is 13.0. The first-order valence-electron chi connectivity index (χ1n) is 7.46. The number of para-hydroxylation sites is 1. The Kier molecular flexibility index (Phi) is 2.42. The molecule has 0 saturated carbocycles. The van der Waals surface area contributed by atoms with Gasteiger partial charge in [-0.2, -0.15) is 0 Å². The van der Waals surface area contributed by atoms with Gasteiger partial charge < -0.3 is 10.2 Å². The van der Waals surface area contributed by atoms with Crippen molar-refractivity contribution in [1.82, 2.24) is 4.90 Å². The smallest absolute Gasteiger partial charge is 0.293 e. The van der Waals surface area contributed by atoms with E-state index in [2.05, 4.69) is 0 Å². The van der Waals surface area contributed by atoms with Crippen LogP contribution in [0.2, 0.25) is 0 Å². The van der Waals surface area contributed by atoms with E-state index in [1.807, 2.05) is 36.5 Å². The lowest BCUT2D eigenvalue weighted by Crippen LogP contribution is -2.98. The van der Waals surface area contributed by atoms with Gasteiger partial charge in [0, 0.05) is 19.7 Å². The summed E-state index contributed by atoms with van der Waals surface area (Å²) in [4.78, 5) is 40.9. The van der Waals surface area contributed by atoms with E-state index in [0.717, 1.165) is 11.3 Å². The third kappa shape index (κ3) is 1.23. The van der Waals surface area contributed by atoms with Crippen LogP contribution < -0.4 is 10.2 Å². The van der Waals surface area contributed by atoms with Crippen molar-refractivity contribution in [3.63, 3.8) is 0 Å². The molecule has 0 aromatic heterocycles. The molecule has 2 saturated heterocycles. The van der Waals surface area contributed by atoms with Crippen molar-refractivity contribution < 1.29 is 19.7 Å². The molecular weight excluding hydrogens is 282 g/mol. The van der Waals surface area contributed by atoms with Crippen LogP contribution in [0.5, 0.6) is 0 Å². The lowest BCUT2D eigenvalue weighted by molar-refractivity contribution is -0.730. The summed E-state index contributed by atoms with van der Waals surface area (Å²) in [6.07, 6.45) is 0. The molecule has 6 nitrogen and oxygen atoms in total. The number of nitrogens with two attached hydrogens (primary N) is 1. The number of hydrogen-bond donors (Lipinski definition) is 1. The summed E-state index contributed by atoms with van der Waals surface area (Å²) >= 11 is 0. The first-order chi connectivity index (χ1) is 10.4. The van der Waals surface area contributed by atoms with Crippen LogP contribution in [0.4, 0.5) is 5.69 Å². The Morgan fingerprint density at radius 2 is 1.73 bits per heavy atom. The second-order valence-electron chi connectivity index (χ2n) is 6.52. The number of anilines is 1. The zero-order chi connectivity index (χ0) is 15.8. The van der Waals surface area contributed by atoms with E-state index in [1.54, 1.807) is 11.9 Å². The Labute approximate surface area is 128 Å². The molecule has 114 valence electrons. The van der Waals surface area contributed by atoms with Crippen molar-refractivity contribution in [3.8, 4) is 0 Å². The number of rotatable bonds is 0. The molecule has 0 radical (unpaired) electrons. The average Bonchev–Trinajstić information content (AvgIpc) is 3.03. The first-order valence-corrected chi connectivity index (χ1v) is 7.46. The maximum Gasteiger partial charge on any atom is 0.293 e. The standard InChI is InChI=1S/C16H17N3O3/c1-8-11-12(14(21)19(3)13(11)20)16(17-8)9-6-4-5-7-10(9)18(2)15(16)22/h4-8,11-12,17H,1-3H3/p+1/t8-,11-,12-,16-/m0/s1. The Morgan fingerprint density at radius 1 is 1.05 bits per heavy atom. The second-order valence-corrected chi connectivity index (χ2v) is 6.52. The zero-order valence-electron chi connectivity index (χ0n) is 12.7. The summed E-state index contributed by atoms with van der Waals surface area (Å²) in [6.45, 7) is 1.92. The summed E-state index contributed by atoms with van der Waals surface area (Å²) in [5.74, 6) is -1.56. The monoisotopic (exact) mass is 300 g/mol. The van der Waals surface area contributed by atoms with E-state index in [-0.39, 0.29) is 23.8 Å². The predicted octanol–water partition coefficient (Wildman–Crippen LogP) is -0.945. The van der Waals surface area contributed by atoms with Gasteiger partial charge in [0.25, 0.3) is 5.91 Å². The van der Waals surface area contributed by atoms with Gasteiger partial charge in [0.1, 0.15) is 11.8 Å². The molecule has 0 unspecified atom stereocenters. The van der Waals surface area contributed by atoms with E-state index in [4.69, 9.17) is 0 Å². The van der Waals surface area contributed by atoms with Crippen molar-refractivity contribution in [2.45, 2.75) is 18.5 Å². The zero-order valence-corrected chi connectivity index (χ0v) is 12.7. The summed E-state index contributed by atoms with van der Waals surface area (Å²) < 4.78 is 0. The molecule has 2 N–H and O–H groups in total. The number of quaternary nitrogens is 1. The highest BCUT2D eigenvalue weighted by Crippen LogP contribution is 2.49. The van der Waals surface area contributed by atoms with E-state index in [1.165, 1.54) is 11.9 Å². The third-order valence-corrected chi connectivity index (χ3v) is 5.52. The van der Waals surface area contributed by atoms with Crippen molar-refractivity contribution in [3.05, 3.63) is 29.8 Å². The number of fused-ring (bicyclic) bond motifs is 4. The molecule has 3 heterocycles. The molecule has 3 aliphatic rings. The van der Waals surface area contributed by atoms with Crippen LogP contribution in [-0.4, -0.2) is 42.8 Å². The lowest BCUT2D eigenvalue weighted by atomic mass is 9.76.